The van der Waals surface area contributed by atoms with Gasteiger partial charge in [-0.15, -0.1) is 0 Å². The Morgan fingerprint density at radius 1 is 1.25 bits per heavy atom. The lowest BCUT2D eigenvalue weighted by Gasteiger charge is -2.37. The predicted molar refractivity (Wildman–Crippen MR) is 81.6 cm³/mol. The molecule has 2 heterocycles. The number of nitrogens with zero attached hydrogens (tertiary/aromatic N) is 4. The molecule has 1 aromatic heterocycles. The second kappa shape index (κ2) is 7.67. The average Bonchev–Trinajstić information content (AvgIpc) is 2.45. The third-order valence-electron chi connectivity index (χ3n) is 3.91. The molecule has 0 aromatic carbocycles. The van der Waals surface area contributed by atoms with E-state index in [1.807, 2.05) is 12.4 Å². The summed E-state index contributed by atoms with van der Waals surface area (Å²) in [5, 5.41) is 3.37. The molecule has 1 fully saturated rings. The van der Waals surface area contributed by atoms with E-state index in [9.17, 15) is 0 Å². The van der Waals surface area contributed by atoms with E-state index in [2.05, 4.69) is 46.1 Å². The minimum Gasteiger partial charge on any atom is -0.313 e. The van der Waals surface area contributed by atoms with E-state index in [1.54, 1.807) is 0 Å². The predicted octanol–water partition coefficient (Wildman–Crippen LogP) is 0.765. The SMILES string of the molecule is CCCNCc1cnc(CC2CN(C)CCN2C)nc1. The molecule has 0 amide bonds. The smallest absolute Gasteiger partial charge is 0.129 e. The topological polar surface area (TPSA) is 44.3 Å². The highest BCUT2D eigenvalue weighted by Crippen LogP contribution is 2.10. The van der Waals surface area contributed by atoms with Crippen molar-refractivity contribution < 1.29 is 0 Å². The van der Waals surface area contributed by atoms with Crippen molar-refractivity contribution in [2.75, 3.05) is 40.3 Å². The molecule has 1 saturated heterocycles. The number of aromatic nitrogens is 2. The van der Waals surface area contributed by atoms with Crippen LogP contribution in [-0.2, 0) is 13.0 Å². The van der Waals surface area contributed by atoms with Crippen LogP contribution in [0.15, 0.2) is 12.4 Å². The Morgan fingerprint density at radius 2 is 2.00 bits per heavy atom. The first-order valence-electron chi connectivity index (χ1n) is 7.58. The Labute approximate surface area is 122 Å². The van der Waals surface area contributed by atoms with E-state index >= 15 is 0 Å². The van der Waals surface area contributed by atoms with Crippen LogP contribution in [-0.4, -0.2) is 66.1 Å². The van der Waals surface area contributed by atoms with E-state index in [1.165, 1.54) is 0 Å². The standard InChI is InChI=1S/C15H27N5/c1-4-5-16-9-13-10-17-15(18-11-13)8-14-12-19(2)6-7-20(14)3/h10-11,14,16H,4-9,12H2,1-3H3. The zero-order valence-corrected chi connectivity index (χ0v) is 13.0. The summed E-state index contributed by atoms with van der Waals surface area (Å²) in [4.78, 5) is 13.8. The third kappa shape index (κ3) is 4.51. The molecule has 0 bridgehead atoms. The van der Waals surface area contributed by atoms with Crippen molar-refractivity contribution in [3.05, 3.63) is 23.8 Å². The molecule has 0 spiro atoms. The molecular formula is C15H27N5. The van der Waals surface area contributed by atoms with Gasteiger partial charge in [0.15, 0.2) is 0 Å². The minimum absolute atomic E-state index is 0.526. The maximum Gasteiger partial charge on any atom is 0.129 e. The molecule has 1 unspecified atom stereocenters. The summed E-state index contributed by atoms with van der Waals surface area (Å²) in [5.74, 6) is 0.955. The second-order valence-corrected chi connectivity index (χ2v) is 5.79. The zero-order chi connectivity index (χ0) is 14.4. The van der Waals surface area contributed by atoms with Crippen LogP contribution in [0.2, 0.25) is 0 Å². The highest BCUT2D eigenvalue weighted by Gasteiger charge is 2.23. The van der Waals surface area contributed by atoms with Crippen LogP contribution < -0.4 is 5.32 Å². The van der Waals surface area contributed by atoms with E-state index in [0.717, 1.165) is 57.0 Å². The fraction of sp³-hybridized carbons (Fsp3) is 0.733. The maximum atomic E-state index is 4.51. The van der Waals surface area contributed by atoms with Crippen LogP contribution in [0.4, 0.5) is 0 Å². The summed E-state index contributed by atoms with van der Waals surface area (Å²) < 4.78 is 0. The second-order valence-electron chi connectivity index (χ2n) is 5.79. The normalized spacial score (nSPS) is 21.2. The lowest BCUT2D eigenvalue weighted by Crippen LogP contribution is -2.50. The molecule has 5 heteroatoms. The van der Waals surface area contributed by atoms with Crippen LogP contribution in [0.3, 0.4) is 0 Å². The van der Waals surface area contributed by atoms with Gasteiger partial charge in [0.05, 0.1) is 0 Å². The monoisotopic (exact) mass is 277 g/mol. The number of rotatable bonds is 6. The number of likely N-dealkylation sites (N-methyl/N-ethyl adjacent to an activating group) is 2. The molecular weight excluding hydrogens is 250 g/mol. The van der Waals surface area contributed by atoms with Crippen molar-refractivity contribution in [1.82, 2.24) is 25.1 Å². The first-order chi connectivity index (χ1) is 9.69. The molecule has 112 valence electrons. The van der Waals surface area contributed by atoms with E-state index in [4.69, 9.17) is 0 Å². The van der Waals surface area contributed by atoms with Gasteiger partial charge in [-0.2, -0.15) is 0 Å². The summed E-state index contributed by atoms with van der Waals surface area (Å²) in [5.41, 5.74) is 1.16. The van der Waals surface area contributed by atoms with Crippen LogP contribution in [0, 0.1) is 0 Å². The lowest BCUT2D eigenvalue weighted by atomic mass is 10.1. The first-order valence-corrected chi connectivity index (χ1v) is 7.58. The molecule has 1 aliphatic heterocycles. The largest absolute Gasteiger partial charge is 0.313 e. The van der Waals surface area contributed by atoms with Crippen LogP contribution in [0.5, 0.6) is 0 Å². The van der Waals surface area contributed by atoms with Gasteiger partial charge in [-0.05, 0) is 27.1 Å². The highest BCUT2D eigenvalue weighted by atomic mass is 15.3. The van der Waals surface area contributed by atoms with Crippen molar-refractivity contribution in [1.29, 1.82) is 0 Å². The Hall–Kier alpha value is -1.04. The molecule has 1 N–H and O–H groups in total. The fourth-order valence-corrected chi connectivity index (χ4v) is 2.52. The summed E-state index contributed by atoms with van der Waals surface area (Å²) in [6, 6.07) is 0.526. The van der Waals surface area contributed by atoms with Gasteiger partial charge in [0.1, 0.15) is 5.82 Å². The van der Waals surface area contributed by atoms with Gasteiger partial charge in [-0.3, -0.25) is 0 Å². The van der Waals surface area contributed by atoms with Gasteiger partial charge >= 0.3 is 0 Å². The van der Waals surface area contributed by atoms with Crippen molar-refractivity contribution in [2.24, 2.45) is 0 Å². The third-order valence-corrected chi connectivity index (χ3v) is 3.91. The highest BCUT2D eigenvalue weighted by molar-refractivity contribution is 5.06. The molecule has 0 aliphatic carbocycles. The van der Waals surface area contributed by atoms with Crippen molar-refractivity contribution in [2.45, 2.75) is 32.4 Å². The van der Waals surface area contributed by atoms with Gasteiger partial charge in [-0.1, -0.05) is 6.92 Å². The lowest BCUT2D eigenvalue weighted by molar-refractivity contribution is 0.113. The molecule has 1 atom stereocenters. The van der Waals surface area contributed by atoms with E-state index in [0.29, 0.717) is 6.04 Å². The average molecular weight is 277 g/mol. The van der Waals surface area contributed by atoms with Gasteiger partial charge < -0.3 is 15.1 Å². The number of piperazine rings is 1. The van der Waals surface area contributed by atoms with Crippen LogP contribution in [0.25, 0.3) is 0 Å². The summed E-state index contributed by atoms with van der Waals surface area (Å²) in [7, 11) is 4.38. The van der Waals surface area contributed by atoms with Crippen molar-refractivity contribution >= 4 is 0 Å². The number of hydrogen-bond donors (Lipinski definition) is 1. The molecule has 2 rings (SSSR count). The summed E-state index contributed by atoms with van der Waals surface area (Å²) >= 11 is 0. The molecule has 1 aliphatic rings. The Morgan fingerprint density at radius 3 is 2.70 bits per heavy atom. The zero-order valence-electron chi connectivity index (χ0n) is 13.0. The Bertz CT molecular complexity index is 392. The van der Waals surface area contributed by atoms with Crippen molar-refractivity contribution in [3.63, 3.8) is 0 Å². The van der Waals surface area contributed by atoms with Crippen LogP contribution in [0.1, 0.15) is 24.7 Å². The van der Waals surface area contributed by atoms with Gasteiger partial charge in [0.25, 0.3) is 0 Å². The number of hydrogen-bond acceptors (Lipinski definition) is 5. The van der Waals surface area contributed by atoms with E-state index < -0.39 is 0 Å². The Kier molecular flexibility index (Phi) is 5.88. The Balaban J connectivity index is 1.86. The molecule has 1 aromatic rings. The molecule has 0 saturated carbocycles. The summed E-state index contributed by atoms with van der Waals surface area (Å²) in [6.45, 7) is 7.45. The first kappa shape index (κ1) is 15.4. The molecule has 5 nitrogen and oxygen atoms in total. The van der Waals surface area contributed by atoms with Crippen LogP contribution >= 0.6 is 0 Å². The minimum atomic E-state index is 0.526. The van der Waals surface area contributed by atoms with E-state index in [-0.39, 0.29) is 0 Å². The van der Waals surface area contributed by atoms with Gasteiger partial charge in [-0.25, -0.2) is 9.97 Å². The molecule has 20 heavy (non-hydrogen) atoms. The van der Waals surface area contributed by atoms with Gasteiger partial charge in [0, 0.05) is 56.6 Å². The molecule has 0 radical (unpaired) electrons. The van der Waals surface area contributed by atoms with Gasteiger partial charge in [0.2, 0.25) is 0 Å². The maximum absolute atomic E-state index is 4.51. The number of nitrogens with one attached hydrogen (secondary N) is 1. The summed E-state index contributed by atoms with van der Waals surface area (Å²) in [6.07, 6.45) is 6.00. The quantitative estimate of drug-likeness (QED) is 0.778. The fourth-order valence-electron chi connectivity index (χ4n) is 2.52. The van der Waals surface area contributed by atoms with Crippen molar-refractivity contribution in [3.8, 4) is 0 Å².